The van der Waals surface area contributed by atoms with Gasteiger partial charge in [-0.1, -0.05) is 47.2 Å². The Morgan fingerprint density at radius 1 is 1.03 bits per heavy atom. The smallest absolute Gasteiger partial charge is 0.296 e. The average Bonchev–Trinajstić information content (AvgIpc) is 3.45. The van der Waals surface area contributed by atoms with Crippen LogP contribution < -0.4 is 4.90 Å². The Bertz CT molecular complexity index is 1460. The van der Waals surface area contributed by atoms with Crippen molar-refractivity contribution < 1.29 is 19.1 Å². The van der Waals surface area contributed by atoms with Gasteiger partial charge in [-0.15, -0.1) is 0 Å². The third kappa shape index (κ3) is 3.45. The van der Waals surface area contributed by atoms with E-state index in [1.165, 1.54) is 16.2 Å². The molecular formula is C26H22N2O4S. The molecule has 6 nitrogen and oxygen atoms in total. The molecule has 0 saturated heterocycles. The number of carbonyl (C=O) groups is 2. The van der Waals surface area contributed by atoms with Gasteiger partial charge in [0, 0.05) is 0 Å². The lowest BCUT2D eigenvalue weighted by Gasteiger charge is -2.24. The number of aromatic nitrogens is 1. The Kier molecular flexibility index (Phi) is 4.94. The number of hydrogen-bond acceptors (Lipinski definition) is 6. The van der Waals surface area contributed by atoms with Crippen LogP contribution in [0.1, 0.15) is 44.6 Å². The van der Waals surface area contributed by atoms with Crippen molar-refractivity contribution in [2.24, 2.45) is 0 Å². The number of benzene rings is 2. The van der Waals surface area contributed by atoms with Gasteiger partial charge in [0.15, 0.2) is 16.7 Å². The van der Waals surface area contributed by atoms with E-state index >= 15 is 0 Å². The molecule has 1 aliphatic rings. The van der Waals surface area contributed by atoms with Gasteiger partial charge in [-0.2, -0.15) is 0 Å². The molecule has 7 heteroatoms. The number of nitrogens with zero attached hydrogens (tertiary/aromatic N) is 2. The Morgan fingerprint density at radius 2 is 1.76 bits per heavy atom. The van der Waals surface area contributed by atoms with Gasteiger partial charge >= 0.3 is 0 Å². The molecule has 1 atom stereocenters. The van der Waals surface area contributed by atoms with E-state index in [0.717, 1.165) is 26.9 Å². The van der Waals surface area contributed by atoms with Gasteiger partial charge in [0.25, 0.3) is 5.91 Å². The average molecular weight is 459 g/mol. The zero-order valence-electron chi connectivity index (χ0n) is 18.7. The van der Waals surface area contributed by atoms with Crippen molar-refractivity contribution in [3.8, 4) is 0 Å². The van der Waals surface area contributed by atoms with Gasteiger partial charge in [0.1, 0.15) is 5.76 Å². The van der Waals surface area contributed by atoms with Crippen molar-refractivity contribution in [1.82, 2.24) is 4.98 Å². The number of hydrogen-bond donors (Lipinski definition) is 1. The van der Waals surface area contributed by atoms with Crippen LogP contribution in [0.15, 0.2) is 64.3 Å². The molecule has 0 spiro atoms. The topological polar surface area (TPSA) is 83.6 Å². The number of ketones is 1. The van der Waals surface area contributed by atoms with E-state index in [9.17, 15) is 14.7 Å². The molecule has 0 unspecified atom stereocenters. The second-order valence-corrected chi connectivity index (χ2v) is 9.42. The molecule has 0 bridgehead atoms. The predicted octanol–water partition coefficient (Wildman–Crippen LogP) is 5.91. The lowest BCUT2D eigenvalue weighted by molar-refractivity contribution is -0.117. The fourth-order valence-corrected chi connectivity index (χ4v) is 5.42. The predicted molar refractivity (Wildman–Crippen MR) is 128 cm³/mol. The van der Waals surface area contributed by atoms with Gasteiger partial charge in [0.05, 0.1) is 21.8 Å². The molecule has 0 aliphatic carbocycles. The molecule has 166 valence electrons. The number of aliphatic hydroxyl groups excluding tert-OH is 1. The molecule has 4 aromatic rings. The summed E-state index contributed by atoms with van der Waals surface area (Å²) in [6, 6.07) is 14.0. The largest absolute Gasteiger partial charge is 0.503 e. The molecule has 33 heavy (non-hydrogen) atoms. The zero-order chi connectivity index (χ0) is 23.4. The molecule has 2 aromatic carbocycles. The summed E-state index contributed by atoms with van der Waals surface area (Å²) in [5, 5.41) is 11.3. The maximum Gasteiger partial charge on any atom is 0.296 e. The molecule has 3 heterocycles. The number of aliphatic hydroxyl groups is 1. The fraction of sp³-hybridized carbons (Fsp3) is 0.192. The van der Waals surface area contributed by atoms with Crippen LogP contribution in [0.25, 0.3) is 10.2 Å². The number of fused-ring (bicyclic) bond motifs is 1. The minimum absolute atomic E-state index is 0.00892. The number of amides is 1. The Labute approximate surface area is 194 Å². The number of aryl methyl sites for hydroxylation is 4. The summed E-state index contributed by atoms with van der Waals surface area (Å²) in [5.74, 6) is -1.09. The third-order valence-corrected chi connectivity index (χ3v) is 6.84. The highest BCUT2D eigenvalue weighted by molar-refractivity contribution is 7.22. The number of thiazole rings is 1. The quantitative estimate of drug-likeness (QED) is 0.385. The monoisotopic (exact) mass is 458 g/mol. The van der Waals surface area contributed by atoms with Gasteiger partial charge in [-0.25, -0.2) is 4.98 Å². The number of carbonyl (C=O) groups excluding carboxylic acids is 2. The number of anilines is 1. The minimum Gasteiger partial charge on any atom is -0.503 e. The number of Topliss-reactive ketones (excluding diaryl/α,β-unsaturated/α-hetero) is 1. The maximum absolute atomic E-state index is 13.4. The van der Waals surface area contributed by atoms with E-state index in [0.29, 0.717) is 16.5 Å². The van der Waals surface area contributed by atoms with Crippen LogP contribution in [-0.2, 0) is 4.79 Å². The van der Waals surface area contributed by atoms with Gasteiger partial charge in [-0.05, 0) is 62.6 Å². The van der Waals surface area contributed by atoms with Crippen LogP contribution in [0.2, 0.25) is 0 Å². The highest BCUT2D eigenvalue weighted by Crippen LogP contribution is 2.44. The highest BCUT2D eigenvalue weighted by atomic mass is 32.1. The second-order valence-electron chi connectivity index (χ2n) is 8.42. The van der Waals surface area contributed by atoms with Crippen LogP contribution in [0.4, 0.5) is 5.13 Å². The number of furan rings is 1. The second kappa shape index (κ2) is 7.71. The first-order valence-electron chi connectivity index (χ1n) is 10.6. The van der Waals surface area contributed by atoms with E-state index in [2.05, 4.69) is 0 Å². The van der Waals surface area contributed by atoms with Gasteiger partial charge in [-0.3, -0.25) is 14.5 Å². The van der Waals surface area contributed by atoms with E-state index in [4.69, 9.17) is 9.40 Å². The van der Waals surface area contributed by atoms with Crippen LogP contribution in [0.3, 0.4) is 0 Å². The van der Waals surface area contributed by atoms with Crippen LogP contribution >= 0.6 is 11.3 Å². The molecule has 5 rings (SSSR count). The van der Waals surface area contributed by atoms with Crippen molar-refractivity contribution in [2.75, 3.05) is 4.90 Å². The van der Waals surface area contributed by atoms with Crippen molar-refractivity contribution >= 4 is 38.4 Å². The Morgan fingerprint density at radius 3 is 2.42 bits per heavy atom. The summed E-state index contributed by atoms with van der Waals surface area (Å²) in [7, 11) is 0. The Hall–Kier alpha value is -3.71. The van der Waals surface area contributed by atoms with E-state index in [1.54, 1.807) is 19.1 Å². The first-order valence-corrected chi connectivity index (χ1v) is 11.4. The normalized spacial score (nSPS) is 16.3. The van der Waals surface area contributed by atoms with E-state index in [1.807, 2.05) is 57.2 Å². The van der Waals surface area contributed by atoms with E-state index in [-0.39, 0.29) is 11.3 Å². The van der Waals surface area contributed by atoms with Crippen LogP contribution in [0, 0.1) is 27.7 Å². The SMILES string of the molecule is Cc1ccc([C@@H]2C(C(=O)c3ccc(C)o3)=C(O)C(=O)N2c2nc3c(C)cc(C)cc3s2)cc1. The first kappa shape index (κ1) is 21.2. The molecule has 1 amide bonds. The van der Waals surface area contributed by atoms with E-state index < -0.39 is 23.5 Å². The minimum atomic E-state index is -0.821. The number of rotatable bonds is 4. The summed E-state index contributed by atoms with van der Waals surface area (Å²) >= 11 is 1.37. The lowest BCUT2D eigenvalue weighted by atomic mass is 9.94. The van der Waals surface area contributed by atoms with Crippen molar-refractivity contribution in [3.05, 3.63) is 93.6 Å². The zero-order valence-corrected chi connectivity index (χ0v) is 19.5. The van der Waals surface area contributed by atoms with Gasteiger partial charge in [0.2, 0.25) is 5.78 Å². The summed E-state index contributed by atoms with van der Waals surface area (Å²) in [6.45, 7) is 7.69. The van der Waals surface area contributed by atoms with Crippen molar-refractivity contribution in [3.63, 3.8) is 0 Å². The molecule has 0 fully saturated rings. The summed E-state index contributed by atoms with van der Waals surface area (Å²) in [4.78, 5) is 32.9. The van der Waals surface area contributed by atoms with Gasteiger partial charge < -0.3 is 9.52 Å². The fourth-order valence-electron chi connectivity index (χ4n) is 4.25. The molecule has 2 aromatic heterocycles. The Balaban J connectivity index is 1.69. The third-order valence-electron chi connectivity index (χ3n) is 5.83. The van der Waals surface area contributed by atoms with Crippen LogP contribution in [-0.4, -0.2) is 21.8 Å². The molecule has 0 saturated carbocycles. The van der Waals surface area contributed by atoms with Crippen molar-refractivity contribution in [2.45, 2.75) is 33.7 Å². The standard InChI is InChI=1S/C26H22N2O4S/c1-13-5-8-17(9-6-13)22-20(23(29)18-10-7-16(4)32-18)24(30)25(31)28(22)26-27-21-15(3)11-14(2)12-19(21)33-26/h5-12,22,30H,1-4H3/t22-/m1/s1. The molecule has 1 N–H and O–H groups in total. The van der Waals surface area contributed by atoms with Crippen LogP contribution in [0.5, 0.6) is 0 Å². The summed E-state index contributed by atoms with van der Waals surface area (Å²) in [6.07, 6.45) is 0. The summed E-state index contributed by atoms with van der Waals surface area (Å²) in [5.41, 5.74) is 4.65. The summed E-state index contributed by atoms with van der Waals surface area (Å²) < 4.78 is 6.47. The molecule has 1 aliphatic heterocycles. The molecular weight excluding hydrogens is 436 g/mol. The lowest BCUT2D eigenvalue weighted by Crippen LogP contribution is -2.31. The van der Waals surface area contributed by atoms with Crippen molar-refractivity contribution in [1.29, 1.82) is 0 Å². The first-order chi connectivity index (χ1) is 15.7. The maximum atomic E-state index is 13.4. The highest BCUT2D eigenvalue weighted by Gasteiger charge is 2.46. The molecule has 0 radical (unpaired) electrons.